The van der Waals surface area contributed by atoms with E-state index in [-0.39, 0.29) is 23.9 Å². The molecule has 0 unspecified atom stereocenters. The van der Waals surface area contributed by atoms with Gasteiger partial charge in [-0.15, -0.1) is 0 Å². The first-order valence-electron chi connectivity index (χ1n) is 5.73. The Balaban J connectivity index is 3.02. The highest BCUT2D eigenvalue weighted by Crippen LogP contribution is 2.24. The number of phenolic OH excluding ortho intramolecular Hbond substituents is 1. The molecule has 19 heavy (non-hydrogen) atoms. The number of amides is 1. The van der Waals surface area contributed by atoms with E-state index >= 15 is 0 Å². The zero-order valence-electron chi connectivity index (χ0n) is 11.0. The largest absolute Gasteiger partial charge is 0.507 e. The third kappa shape index (κ3) is 3.96. The van der Waals surface area contributed by atoms with Crippen molar-refractivity contribution in [2.45, 2.75) is 19.9 Å². The molecule has 0 aromatic heterocycles. The summed E-state index contributed by atoms with van der Waals surface area (Å²) in [5.74, 6) is -1.04. The van der Waals surface area contributed by atoms with Gasteiger partial charge in [0.2, 0.25) is 0 Å². The van der Waals surface area contributed by atoms with Crippen LogP contribution in [-0.2, 0) is 9.53 Å². The number of aromatic hydroxyl groups is 1. The summed E-state index contributed by atoms with van der Waals surface area (Å²) in [5.41, 5.74) is 0.154. The normalized spacial score (nSPS) is 10.4. The zero-order chi connectivity index (χ0) is 14.6. The van der Waals surface area contributed by atoms with Gasteiger partial charge in [-0.25, -0.2) is 0 Å². The minimum atomic E-state index is -0.501. The van der Waals surface area contributed by atoms with Gasteiger partial charge in [-0.05, 0) is 32.0 Å². The van der Waals surface area contributed by atoms with Crippen molar-refractivity contribution in [3.63, 3.8) is 0 Å². The maximum Gasteiger partial charge on any atom is 0.325 e. The quantitative estimate of drug-likeness (QED) is 0.860. The summed E-state index contributed by atoms with van der Waals surface area (Å²) in [4.78, 5) is 25.0. The van der Waals surface area contributed by atoms with Crippen molar-refractivity contribution in [1.82, 2.24) is 4.90 Å². The maximum atomic E-state index is 12.3. The van der Waals surface area contributed by atoms with E-state index in [2.05, 4.69) is 20.7 Å². The van der Waals surface area contributed by atoms with Crippen molar-refractivity contribution in [2.75, 3.05) is 13.7 Å². The number of esters is 1. The molecule has 0 aliphatic rings. The number of rotatable bonds is 4. The zero-order valence-corrected chi connectivity index (χ0v) is 12.6. The number of halogens is 1. The lowest BCUT2D eigenvalue weighted by atomic mass is 10.1. The Kier molecular flexibility index (Phi) is 5.35. The molecule has 0 saturated heterocycles. The first kappa shape index (κ1) is 15.5. The maximum absolute atomic E-state index is 12.3. The van der Waals surface area contributed by atoms with Gasteiger partial charge in [-0.1, -0.05) is 15.9 Å². The van der Waals surface area contributed by atoms with Crippen LogP contribution in [0.1, 0.15) is 24.2 Å². The van der Waals surface area contributed by atoms with Crippen LogP contribution >= 0.6 is 15.9 Å². The third-order valence-electron chi connectivity index (χ3n) is 2.60. The van der Waals surface area contributed by atoms with E-state index in [0.717, 1.165) is 0 Å². The molecule has 1 aromatic rings. The summed E-state index contributed by atoms with van der Waals surface area (Å²) in [6.07, 6.45) is 0. The van der Waals surface area contributed by atoms with E-state index in [9.17, 15) is 14.7 Å². The van der Waals surface area contributed by atoms with Gasteiger partial charge in [0.1, 0.15) is 12.3 Å². The lowest BCUT2D eigenvalue weighted by Gasteiger charge is -2.25. The highest BCUT2D eigenvalue weighted by Gasteiger charge is 2.24. The molecule has 0 saturated carbocycles. The standard InChI is InChI=1S/C13H16BrNO4/c1-8(2)15(7-12(17)19-3)13(18)10-5-4-9(14)6-11(10)16/h4-6,8,16H,7H2,1-3H3. The van der Waals surface area contributed by atoms with Gasteiger partial charge in [-0.3, -0.25) is 9.59 Å². The van der Waals surface area contributed by atoms with Gasteiger partial charge in [0, 0.05) is 10.5 Å². The Morgan fingerprint density at radius 1 is 1.42 bits per heavy atom. The molecule has 0 aliphatic carbocycles. The number of carbonyl (C=O) groups excluding carboxylic acids is 2. The van der Waals surface area contributed by atoms with Gasteiger partial charge in [0.25, 0.3) is 5.91 Å². The fourth-order valence-electron chi connectivity index (χ4n) is 1.53. The Morgan fingerprint density at radius 3 is 2.53 bits per heavy atom. The molecule has 104 valence electrons. The lowest BCUT2D eigenvalue weighted by Crippen LogP contribution is -2.41. The van der Waals surface area contributed by atoms with Crippen LogP contribution in [-0.4, -0.2) is 41.6 Å². The van der Waals surface area contributed by atoms with Crippen molar-refractivity contribution in [1.29, 1.82) is 0 Å². The van der Waals surface area contributed by atoms with E-state index in [4.69, 9.17) is 0 Å². The van der Waals surface area contributed by atoms with Crippen LogP contribution in [0, 0.1) is 0 Å². The first-order chi connectivity index (χ1) is 8.86. The van der Waals surface area contributed by atoms with Crippen molar-refractivity contribution in [3.05, 3.63) is 28.2 Å². The number of benzene rings is 1. The molecule has 0 radical (unpaired) electrons. The second-order valence-corrected chi connectivity index (χ2v) is 5.18. The monoisotopic (exact) mass is 329 g/mol. The van der Waals surface area contributed by atoms with Crippen molar-refractivity contribution < 1.29 is 19.4 Å². The molecule has 0 atom stereocenters. The van der Waals surface area contributed by atoms with Crippen LogP contribution in [0.5, 0.6) is 5.75 Å². The number of hydrogen-bond donors (Lipinski definition) is 1. The molecule has 0 heterocycles. The average Bonchev–Trinajstić information content (AvgIpc) is 2.34. The van der Waals surface area contributed by atoms with Gasteiger partial charge >= 0.3 is 5.97 Å². The number of methoxy groups -OCH3 is 1. The number of phenols is 1. The van der Waals surface area contributed by atoms with Crippen LogP contribution in [0.25, 0.3) is 0 Å². The number of hydrogen-bond acceptors (Lipinski definition) is 4. The van der Waals surface area contributed by atoms with Crippen LogP contribution < -0.4 is 0 Å². The molecule has 1 aromatic carbocycles. The molecule has 0 bridgehead atoms. The van der Waals surface area contributed by atoms with E-state index in [1.807, 2.05) is 0 Å². The summed E-state index contributed by atoms with van der Waals surface area (Å²) in [7, 11) is 1.27. The van der Waals surface area contributed by atoms with Gasteiger partial charge in [0.15, 0.2) is 0 Å². The van der Waals surface area contributed by atoms with Crippen molar-refractivity contribution >= 4 is 27.8 Å². The Labute approximate surface area is 120 Å². The Bertz CT molecular complexity index is 488. The van der Waals surface area contributed by atoms with E-state index in [0.29, 0.717) is 4.47 Å². The second kappa shape index (κ2) is 6.56. The third-order valence-corrected chi connectivity index (χ3v) is 3.09. The highest BCUT2D eigenvalue weighted by molar-refractivity contribution is 9.10. The summed E-state index contributed by atoms with van der Waals surface area (Å²) in [6.45, 7) is 3.43. The molecule has 0 aliphatic heterocycles. The van der Waals surface area contributed by atoms with Crippen LogP contribution in [0.4, 0.5) is 0 Å². The summed E-state index contributed by atoms with van der Waals surface area (Å²) < 4.78 is 5.24. The minimum absolute atomic E-state index is 0.130. The average molecular weight is 330 g/mol. The molecule has 6 heteroatoms. The van der Waals surface area contributed by atoms with Crippen molar-refractivity contribution in [3.8, 4) is 5.75 Å². The predicted octanol–water partition coefficient (Wildman–Crippen LogP) is 2.18. The summed E-state index contributed by atoms with van der Waals surface area (Å²) in [6, 6.07) is 4.41. The van der Waals surface area contributed by atoms with Crippen LogP contribution in [0.3, 0.4) is 0 Å². The molecule has 0 fully saturated rings. The van der Waals surface area contributed by atoms with E-state index < -0.39 is 11.9 Å². The molecule has 1 amide bonds. The second-order valence-electron chi connectivity index (χ2n) is 4.26. The molecule has 1 N–H and O–H groups in total. The van der Waals surface area contributed by atoms with Gasteiger partial charge in [0.05, 0.1) is 12.7 Å². The molecular weight excluding hydrogens is 314 g/mol. The van der Waals surface area contributed by atoms with Gasteiger partial charge < -0.3 is 14.7 Å². The fourth-order valence-corrected chi connectivity index (χ4v) is 1.88. The summed E-state index contributed by atoms with van der Waals surface area (Å²) in [5, 5.41) is 9.79. The predicted molar refractivity (Wildman–Crippen MR) is 74.0 cm³/mol. The molecule has 0 spiro atoms. The fraction of sp³-hybridized carbons (Fsp3) is 0.385. The van der Waals surface area contributed by atoms with E-state index in [1.165, 1.54) is 24.1 Å². The molecule has 1 rings (SSSR count). The van der Waals surface area contributed by atoms with E-state index in [1.54, 1.807) is 19.9 Å². The first-order valence-corrected chi connectivity index (χ1v) is 6.52. The van der Waals surface area contributed by atoms with Crippen LogP contribution in [0.15, 0.2) is 22.7 Å². The van der Waals surface area contributed by atoms with Crippen LogP contribution in [0.2, 0.25) is 0 Å². The summed E-state index contributed by atoms with van der Waals surface area (Å²) >= 11 is 3.20. The van der Waals surface area contributed by atoms with Gasteiger partial charge in [-0.2, -0.15) is 0 Å². The SMILES string of the molecule is COC(=O)CN(C(=O)c1ccc(Br)cc1O)C(C)C. The number of nitrogens with zero attached hydrogens (tertiary/aromatic N) is 1. The molecular formula is C13H16BrNO4. The Hall–Kier alpha value is -1.56. The highest BCUT2D eigenvalue weighted by atomic mass is 79.9. The number of ether oxygens (including phenoxy) is 1. The minimum Gasteiger partial charge on any atom is -0.507 e. The topological polar surface area (TPSA) is 66.8 Å². The molecule has 5 nitrogen and oxygen atoms in total. The number of carbonyl (C=O) groups is 2. The lowest BCUT2D eigenvalue weighted by molar-refractivity contribution is -0.141. The Morgan fingerprint density at radius 2 is 2.05 bits per heavy atom. The van der Waals surface area contributed by atoms with Crippen molar-refractivity contribution in [2.24, 2.45) is 0 Å². The smallest absolute Gasteiger partial charge is 0.325 e.